The quantitative estimate of drug-likeness (QED) is 0.898. The third-order valence-electron chi connectivity index (χ3n) is 3.63. The molecular weight excluding hydrogens is 240 g/mol. The van der Waals surface area contributed by atoms with Gasteiger partial charge in [-0.25, -0.2) is 9.97 Å². The molecule has 1 aromatic heterocycles. The van der Waals surface area contributed by atoms with Crippen LogP contribution in [0.1, 0.15) is 48.3 Å². The molecule has 2 aliphatic rings. The number of anilines is 1. The Labute approximate surface area is 113 Å². The lowest BCUT2D eigenvalue weighted by Gasteiger charge is -2.27. The summed E-state index contributed by atoms with van der Waals surface area (Å²) in [6.45, 7) is 3.91. The number of aromatic nitrogens is 2. The molecule has 1 aliphatic carbocycles. The highest BCUT2D eigenvalue weighted by molar-refractivity contribution is 5.93. The lowest BCUT2D eigenvalue weighted by molar-refractivity contribution is 0.0946. The molecule has 0 unspecified atom stereocenters. The topological polar surface area (TPSA) is 58.1 Å². The molecule has 5 heteroatoms. The van der Waals surface area contributed by atoms with Gasteiger partial charge in [0, 0.05) is 24.8 Å². The van der Waals surface area contributed by atoms with Gasteiger partial charge in [0.25, 0.3) is 5.91 Å². The minimum absolute atomic E-state index is 0.0636. The van der Waals surface area contributed by atoms with E-state index in [1.165, 1.54) is 19.3 Å². The molecule has 1 saturated carbocycles. The van der Waals surface area contributed by atoms with Crippen LogP contribution in [0.4, 0.5) is 5.95 Å². The number of nitrogens with one attached hydrogen (secondary N) is 1. The lowest BCUT2D eigenvalue weighted by atomic mass is 10.1. The molecule has 0 aromatic carbocycles. The second kappa shape index (κ2) is 5.15. The summed E-state index contributed by atoms with van der Waals surface area (Å²) >= 11 is 0. The Balaban J connectivity index is 1.79. The summed E-state index contributed by atoms with van der Waals surface area (Å²) in [6, 6.07) is 2.13. The largest absolute Gasteiger partial charge is 0.348 e. The summed E-state index contributed by atoms with van der Waals surface area (Å²) in [5.74, 6) is 0.645. The van der Waals surface area contributed by atoms with Gasteiger partial charge in [-0.15, -0.1) is 0 Å². The van der Waals surface area contributed by atoms with Crippen molar-refractivity contribution < 1.29 is 4.79 Å². The molecule has 1 N–H and O–H groups in total. The van der Waals surface area contributed by atoms with E-state index in [2.05, 4.69) is 20.2 Å². The zero-order valence-corrected chi connectivity index (χ0v) is 11.4. The molecule has 0 bridgehead atoms. The van der Waals surface area contributed by atoms with Crippen molar-refractivity contribution in [1.29, 1.82) is 0 Å². The molecule has 1 aromatic rings. The zero-order chi connectivity index (χ0) is 13.2. The maximum absolute atomic E-state index is 12.1. The van der Waals surface area contributed by atoms with Gasteiger partial charge in [-0.2, -0.15) is 0 Å². The van der Waals surface area contributed by atoms with Crippen LogP contribution in [0.3, 0.4) is 0 Å². The number of nitrogens with zero attached hydrogens (tertiary/aromatic N) is 3. The Bertz CT molecular complexity index is 478. The van der Waals surface area contributed by atoms with Crippen LogP contribution < -0.4 is 10.2 Å². The number of aryl methyl sites for hydroxylation is 1. The summed E-state index contributed by atoms with van der Waals surface area (Å²) in [5, 5.41) is 2.98. The number of piperidine rings is 1. The van der Waals surface area contributed by atoms with Gasteiger partial charge in [0.15, 0.2) is 0 Å². The molecule has 3 rings (SSSR count). The monoisotopic (exact) mass is 260 g/mol. The van der Waals surface area contributed by atoms with E-state index in [0.29, 0.717) is 17.7 Å². The highest BCUT2D eigenvalue weighted by Crippen LogP contribution is 2.20. The molecule has 1 aliphatic heterocycles. The van der Waals surface area contributed by atoms with Crippen molar-refractivity contribution in [2.75, 3.05) is 18.0 Å². The highest BCUT2D eigenvalue weighted by atomic mass is 16.2. The fourth-order valence-electron chi connectivity index (χ4n) is 2.39. The van der Waals surface area contributed by atoms with Crippen molar-refractivity contribution >= 4 is 11.9 Å². The predicted molar refractivity (Wildman–Crippen MR) is 73.3 cm³/mol. The van der Waals surface area contributed by atoms with Gasteiger partial charge >= 0.3 is 0 Å². The van der Waals surface area contributed by atoms with Crippen LogP contribution in [0.25, 0.3) is 0 Å². The normalized spacial score (nSPS) is 19.3. The summed E-state index contributed by atoms with van der Waals surface area (Å²) in [4.78, 5) is 23.2. The lowest BCUT2D eigenvalue weighted by Crippen LogP contribution is -2.32. The van der Waals surface area contributed by atoms with E-state index in [1.54, 1.807) is 6.07 Å². The molecular formula is C14H20N4O. The van der Waals surface area contributed by atoms with E-state index in [1.807, 2.05) is 6.92 Å². The Morgan fingerprint density at radius 1 is 1.26 bits per heavy atom. The van der Waals surface area contributed by atoms with Crippen molar-refractivity contribution in [2.45, 2.75) is 45.1 Å². The Kier molecular flexibility index (Phi) is 3.36. The van der Waals surface area contributed by atoms with E-state index in [4.69, 9.17) is 0 Å². The first-order chi connectivity index (χ1) is 9.22. The minimum Gasteiger partial charge on any atom is -0.348 e. The van der Waals surface area contributed by atoms with Gasteiger partial charge in [-0.1, -0.05) is 0 Å². The van der Waals surface area contributed by atoms with E-state index < -0.39 is 0 Å². The fourth-order valence-corrected chi connectivity index (χ4v) is 2.39. The summed E-state index contributed by atoms with van der Waals surface area (Å²) in [5.41, 5.74) is 1.36. The number of hydrogen-bond donors (Lipinski definition) is 1. The van der Waals surface area contributed by atoms with Crippen molar-refractivity contribution in [1.82, 2.24) is 15.3 Å². The molecule has 19 heavy (non-hydrogen) atoms. The van der Waals surface area contributed by atoms with Crippen molar-refractivity contribution in [2.24, 2.45) is 0 Å². The van der Waals surface area contributed by atoms with Crippen LogP contribution in [0.15, 0.2) is 6.07 Å². The van der Waals surface area contributed by atoms with E-state index in [0.717, 1.165) is 31.6 Å². The molecule has 1 amide bonds. The van der Waals surface area contributed by atoms with Crippen molar-refractivity contribution in [3.05, 3.63) is 17.5 Å². The first kappa shape index (κ1) is 12.4. The average molecular weight is 260 g/mol. The molecule has 0 atom stereocenters. The molecule has 102 valence electrons. The molecule has 5 nitrogen and oxygen atoms in total. The molecule has 0 spiro atoms. The highest BCUT2D eigenvalue weighted by Gasteiger charge is 2.25. The van der Waals surface area contributed by atoms with Gasteiger partial charge in [-0.05, 0) is 45.1 Å². The van der Waals surface area contributed by atoms with Crippen LogP contribution in [0.2, 0.25) is 0 Å². The molecule has 0 radical (unpaired) electrons. The van der Waals surface area contributed by atoms with Crippen LogP contribution in [0, 0.1) is 6.92 Å². The second-order valence-electron chi connectivity index (χ2n) is 5.49. The van der Waals surface area contributed by atoms with Gasteiger partial charge in [-0.3, -0.25) is 4.79 Å². The SMILES string of the molecule is Cc1cc(C(=O)NC2CC2)nc(N2CCCCC2)n1. The van der Waals surface area contributed by atoms with E-state index in [9.17, 15) is 4.79 Å². The van der Waals surface area contributed by atoms with Gasteiger partial charge in [0.1, 0.15) is 5.69 Å². The molecule has 2 heterocycles. The Morgan fingerprint density at radius 3 is 2.68 bits per heavy atom. The van der Waals surface area contributed by atoms with Crippen molar-refractivity contribution in [3.63, 3.8) is 0 Å². The molecule has 2 fully saturated rings. The number of hydrogen-bond acceptors (Lipinski definition) is 4. The maximum atomic E-state index is 12.1. The van der Waals surface area contributed by atoms with Crippen LogP contribution in [-0.4, -0.2) is 35.0 Å². The van der Waals surface area contributed by atoms with Gasteiger partial charge in [0.2, 0.25) is 5.95 Å². The van der Waals surface area contributed by atoms with Gasteiger partial charge < -0.3 is 10.2 Å². The second-order valence-corrected chi connectivity index (χ2v) is 5.49. The van der Waals surface area contributed by atoms with Gasteiger partial charge in [0.05, 0.1) is 0 Å². The summed E-state index contributed by atoms with van der Waals surface area (Å²) < 4.78 is 0. The smallest absolute Gasteiger partial charge is 0.270 e. The number of rotatable bonds is 3. The Morgan fingerprint density at radius 2 is 2.00 bits per heavy atom. The summed E-state index contributed by atoms with van der Waals surface area (Å²) in [7, 11) is 0. The van der Waals surface area contributed by atoms with Crippen LogP contribution >= 0.6 is 0 Å². The number of carbonyl (C=O) groups excluding carboxylic acids is 1. The minimum atomic E-state index is -0.0636. The van der Waals surface area contributed by atoms with E-state index in [-0.39, 0.29) is 5.91 Å². The van der Waals surface area contributed by atoms with Crippen LogP contribution in [-0.2, 0) is 0 Å². The fraction of sp³-hybridized carbons (Fsp3) is 0.643. The third-order valence-corrected chi connectivity index (χ3v) is 3.63. The third kappa shape index (κ3) is 3.03. The average Bonchev–Trinajstić information content (AvgIpc) is 3.23. The number of carbonyl (C=O) groups is 1. The number of amides is 1. The maximum Gasteiger partial charge on any atom is 0.270 e. The van der Waals surface area contributed by atoms with E-state index >= 15 is 0 Å². The molecule has 1 saturated heterocycles. The first-order valence-electron chi connectivity index (χ1n) is 7.14. The van der Waals surface area contributed by atoms with Crippen molar-refractivity contribution in [3.8, 4) is 0 Å². The first-order valence-corrected chi connectivity index (χ1v) is 7.14. The zero-order valence-electron chi connectivity index (χ0n) is 11.4. The predicted octanol–water partition coefficient (Wildman–Crippen LogP) is 1.67. The summed E-state index contributed by atoms with van der Waals surface area (Å²) in [6.07, 6.45) is 5.82. The Hall–Kier alpha value is -1.65. The standard InChI is InChI=1S/C14H20N4O/c1-10-9-12(13(19)16-11-5-6-11)17-14(15-10)18-7-3-2-4-8-18/h9,11H,2-8H2,1H3,(H,16,19). The van der Waals surface area contributed by atoms with Crippen LogP contribution in [0.5, 0.6) is 0 Å².